The van der Waals surface area contributed by atoms with Gasteiger partial charge < -0.3 is 14.5 Å². The number of rotatable bonds is 6. The van der Waals surface area contributed by atoms with Crippen molar-refractivity contribution in [2.24, 2.45) is 0 Å². The van der Waals surface area contributed by atoms with E-state index in [0.29, 0.717) is 22.9 Å². The van der Waals surface area contributed by atoms with Gasteiger partial charge in [-0.2, -0.15) is 0 Å². The van der Waals surface area contributed by atoms with Gasteiger partial charge in [0.2, 0.25) is 5.89 Å². The van der Waals surface area contributed by atoms with E-state index in [1.54, 1.807) is 36.5 Å². The number of hydrogen-bond donors (Lipinski definition) is 1. The number of ether oxygens (including phenoxy) is 1. The van der Waals surface area contributed by atoms with Gasteiger partial charge >= 0.3 is 5.97 Å². The van der Waals surface area contributed by atoms with Crippen LogP contribution in [0.3, 0.4) is 0 Å². The van der Waals surface area contributed by atoms with Crippen molar-refractivity contribution in [3.63, 3.8) is 0 Å². The Labute approximate surface area is 185 Å². The first-order valence-electron chi connectivity index (χ1n) is 10.2. The monoisotopic (exact) mass is 426 g/mol. The molecule has 1 aromatic heterocycles. The number of nitrogens with one attached hydrogen (secondary N) is 1. The Kier molecular flexibility index (Phi) is 6.12. The summed E-state index contributed by atoms with van der Waals surface area (Å²) in [4.78, 5) is 29.3. The van der Waals surface area contributed by atoms with Gasteiger partial charge in [0.05, 0.1) is 17.3 Å². The fraction of sp³-hybridized carbons (Fsp3) is 0.115. The summed E-state index contributed by atoms with van der Waals surface area (Å²) in [5, 5.41) is 2.74. The summed E-state index contributed by atoms with van der Waals surface area (Å²) < 4.78 is 11.2. The molecule has 0 unspecified atom stereocenters. The molecule has 0 fully saturated rings. The average Bonchev–Trinajstić information content (AvgIpc) is 3.30. The minimum atomic E-state index is -0.629. The molecule has 4 rings (SSSR count). The number of oxazole rings is 1. The van der Waals surface area contributed by atoms with Crippen LogP contribution in [0.1, 0.15) is 21.5 Å². The Bertz CT molecular complexity index is 1260. The summed E-state index contributed by atoms with van der Waals surface area (Å²) in [7, 11) is 0. The highest BCUT2D eigenvalue weighted by Gasteiger charge is 2.19. The Morgan fingerprint density at radius 2 is 1.66 bits per heavy atom. The molecule has 1 N–H and O–H groups in total. The van der Waals surface area contributed by atoms with E-state index in [1.165, 1.54) is 0 Å². The Balaban J connectivity index is 1.47. The second-order valence-corrected chi connectivity index (χ2v) is 7.38. The summed E-state index contributed by atoms with van der Waals surface area (Å²) in [5.74, 6) is -0.142. The molecule has 3 aromatic carbocycles. The van der Waals surface area contributed by atoms with Gasteiger partial charge in [-0.3, -0.25) is 4.79 Å². The first-order chi connectivity index (χ1) is 15.5. The second kappa shape index (κ2) is 9.31. The van der Waals surface area contributed by atoms with Crippen LogP contribution in [0.15, 0.2) is 83.4 Å². The van der Waals surface area contributed by atoms with Crippen molar-refractivity contribution in [2.75, 3.05) is 11.9 Å². The van der Waals surface area contributed by atoms with Crippen LogP contribution in [0, 0.1) is 13.8 Å². The molecule has 32 heavy (non-hydrogen) atoms. The Morgan fingerprint density at radius 1 is 0.938 bits per heavy atom. The number of anilines is 1. The third-order valence-corrected chi connectivity index (χ3v) is 4.97. The number of aromatic nitrogens is 1. The maximum absolute atomic E-state index is 12.7. The Hall–Kier alpha value is -4.19. The molecular formula is C26H22N2O4. The van der Waals surface area contributed by atoms with E-state index in [1.807, 2.05) is 56.3 Å². The smallest absolute Gasteiger partial charge is 0.339 e. The van der Waals surface area contributed by atoms with Crippen LogP contribution in [0.5, 0.6) is 0 Å². The van der Waals surface area contributed by atoms with E-state index in [9.17, 15) is 9.59 Å². The lowest BCUT2D eigenvalue weighted by molar-refractivity contribution is -0.119. The molecule has 0 bridgehead atoms. The minimum absolute atomic E-state index is 0.272. The number of hydrogen-bond acceptors (Lipinski definition) is 5. The first kappa shape index (κ1) is 21.1. The predicted octanol–water partition coefficient (Wildman–Crippen LogP) is 5.42. The van der Waals surface area contributed by atoms with Crippen molar-refractivity contribution in [3.8, 4) is 22.8 Å². The van der Waals surface area contributed by atoms with E-state index in [4.69, 9.17) is 9.15 Å². The molecule has 0 aliphatic heterocycles. The number of amides is 1. The molecule has 0 saturated heterocycles. The molecule has 0 saturated carbocycles. The SMILES string of the molecule is Cc1ccc(-c2cnc(-c3ccccc3C(=O)OCC(=O)Nc3ccccc3C)o2)cc1. The Morgan fingerprint density at radius 3 is 2.44 bits per heavy atom. The standard InChI is InChI=1S/C26H22N2O4/c1-17-11-13-19(14-12-17)23-15-27-25(32-23)20-8-4-5-9-21(20)26(30)31-16-24(29)28-22-10-6-3-7-18(22)2/h3-15H,16H2,1-2H3,(H,28,29). The summed E-state index contributed by atoms with van der Waals surface area (Å²) in [5.41, 5.74) is 4.40. The van der Waals surface area contributed by atoms with Gasteiger partial charge in [0.1, 0.15) is 0 Å². The number of aryl methyl sites for hydroxylation is 2. The number of para-hydroxylation sites is 1. The van der Waals surface area contributed by atoms with E-state index < -0.39 is 18.5 Å². The van der Waals surface area contributed by atoms with Crippen molar-refractivity contribution in [1.29, 1.82) is 0 Å². The number of esters is 1. The van der Waals surface area contributed by atoms with E-state index in [0.717, 1.165) is 16.7 Å². The minimum Gasteiger partial charge on any atom is -0.452 e. The van der Waals surface area contributed by atoms with E-state index >= 15 is 0 Å². The van der Waals surface area contributed by atoms with Crippen LogP contribution in [0.4, 0.5) is 5.69 Å². The van der Waals surface area contributed by atoms with Crippen LogP contribution < -0.4 is 5.32 Å². The van der Waals surface area contributed by atoms with Gasteiger partial charge in [0.15, 0.2) is 12.4 Å². The van der Waals surface area contributed by atoms with Crippen LogP contribution in [-0.4, -0.2) is 23.5 Å². The highest BCUT2D eigenvalue weighted by Crippen LogP contribution is 2.28. The largest absolute Gasteiger partial charge is 0.452 e. The molecule has 4 aromatic rings. The molecule has 1 heterocycles. The number of benzene rings is 3. The highest BCUT2D eigenvalue weighted by atomic mass is 16.5. The predicted molar refractivity (Wildman–Crippen MR) is 122 cm³/mol. The van der Waals surface area contributed by atoms with E-state index in [2.05, 4.69) is 10.3 Å². The van der Waals surface area contributed by atoms with Crippen molar-refractivity contribution in [1.82, 2.24) is 4.98 Å². The summed E-state index contributed by atoms with van der Waals surface area (Å²) in [6.45, 7) is 3.50. The number of carbonyl (C=O) groups excluding carboxylic acids is 2. The third-order valence-electron chi connectivity index (χ3n) is 4.97. The van der Waals surface area contributed by atoms with Gasteiger partial charge in [0, 0.05) is 11.3 Å². The van der Waals surface area contributed by atoms with Crippen LogP contribution >= 0.6 is 0 Å². The summed E-state index contributed by atoms with van der Waals surface area (Å²) >= 11 is 0. The molecule has 6 heteroatoms. The van der Waals surface area contributed by atoms with Crippen molar-refractivity contribution >= 4 is 17.6 Å². The maximum atomic E-state index is 12.7. The normalized spacial score (nSPS) is 10.6. The zero-order valence-corrected chi connectivity index (χ0v) is 17.8. The van der Waals surface area contributed by atoms with Crippen molar-refractivity contribution in [2.45, 2.75) is 13.8 Å². The van der Waals surface area contributed by atoms with Gasteiger partial charge in [-0.05, 0) is 37.6 Å². The molecule has 6 nitrogen and oxygen atoms in total. The molecule has 0 atom stereocenters. The molecule has 0 spiro atoms. The van der Waals surface area contributed by atoms with Gasteiger partial charge in [-0.1, -0.05) is 60.2 Å². The van der Waals surface area contributed by atoms with Crippen molar-refractivity contribution in [3.05, 3.63) is 95.7 Å². The fourth-order valence-electron chi connectivity index (χ4n) is 3.21. The lowest BCUT2D eigenvalue weighted by Crippen LogP contribution is -2.21. The number of nitrogens with zero attached hydrogens (tertiary/aromatic N) is 1. The van der Waals surface area contributed by atoms with Gasteiger partial charge in [0.25, 0.3) is 5.91 Å². The topological polar surface area (TPSA) is 81.4 Å². The van der Waals surface area contributed by atoms with E-state index in [-0.39, 0.29) is 5.56 Å². The second-order valence-electron chi connectivity index (χ2n) is 7.38. The van der Waals surface area contributed by atoms with Crippen LogP contribution in [-0.2, 0) is 9.53 Å². The fourth-order valence-corrected chi connectivity index (χ4v) is 3.21. The molecular weight excluding hydrogens is 404 g/mol. The molecule has 1 amide bonds. The first-order valence-corrected chi connectivity index (χ1v) is 10.2. The zero-order chi connectivity index (χ0) is 22.5. The third kappa shape index (κ3) is 4.75. The lowest BCUT2D eigenvalue weighted by atomic mass is 10.1. The molecule has 0 aliphatic rings. The highest BCUT2D eigenvalue weighted by molar-refractivity contribution is 5.99. The van der Waals surface area contributed by atoms with Gasteiger partial charge in [-0.25, -0.2) is 9.78 Å². The lowest BCUT2D eigenvalue weighted by Gasteiger charge is -2.10. The zero-order valence-electron chi connectivity index (χ0n) is 17.8. The maximum Gasteiger partial charge on any atom is 0.339 e. The van der Waals surface area contributed by atoms with Crippen LogP contribution in [0.25, 0.3) is 22.8 Å². The molecule has 0 radical (unpaired) electrons. The molecule has 0 aliphatic carbocycles. The van der Waals surface area contributed by atoms with Gasteiger partial charge in [-0.15, -0.1) is 0 Å². The quantitative estimate of drug-likeness (QED) is 0.416. The van der Waals surface area contributed by atoms with Crippen molar-refractivity contribution < 1.29 is 18.7 Å². The summed E-state index contributed by atoms with van der Waals surface area (Å²) in [6, 6.07) is 22.1. The van der Waals surface area contributed by atoms with Crippen LogP contribution in [0.2, 0.25) is 0 Å². The average molecular weight is 426 g/mol. The summed E-state index contributed by atoms with van der Waals surface area (Å²) in [6.07, 6.45) is 1.62. The molecule has 160 valence electrons. The number of carbonyl (C=O) groups is 2.